The van der Waals surface area contributed by atoms with Crippen molar-refractivity contribution < 1.29 is 4.74 Å². The standard InChI is InChI=1S/C18H18OSe/c1-19-17-9-7-14(8-10-17)11-15-12-16(15)13-20-18-5-3-2-4-6-18/h2-11,16H,12-13H2,1H3/b15-11+. The molecule has 2 aromatic rings. The molecule has 0 radical (unpaired) electrons. The molecule has 1 nitrogen and oxygen atoms in total. The summed E-state index contributed by atoms with van der Waals surface area (Å²) in [5.74, 6) is 1.74. The van der Waals surface area contributed by atoms with Crippen molar-refractivity contribution in [2.24, 2.45) is 5.92 Å². The molecule has 0 bridgehead atoms. The summed E-state index contributed by atoms with van der Waals surface area (Å²) in [5, 5.41) is 1.33. The molecule has 20 heavy (non-hydrogen) atoms. The Morgan fingerprint density at radius 2 is 1.85 bits per heavy atom. The van der Waals surface area contributed by atoms with Crippen LogP contribution in [0.2, 0.25) is 5.32 Å². The van der Waals surface area contributed by atoms with Gasteiger partial charge in [-0.2, -0.15) is 0 Å². The van der Waals surface area contributed by atoms with Crippen LogP contribution in [-0.4, -0.2) is 22.1 Å². The van der Waals surface area contributed by atoms with Crippen LogP contribution in [0, 0.1) is 5.92 Å². The fourth-order valence-electron chi connectivity index (χ4n) is 2.20. The van der Waals surface area contributed by atoms with E-state index < -0.39 is 0 Å². The summed E-state index contributed by atoms with van der Waals surface area (Å²) in [6.07, 6.45) is 3.62. The number of rotatable bonds is 5. The number of allylic oxidation sites excluding steroid dienone is 1. The summed E-state index contributed by atoms with van der Waals surface area (Å²) in [6.45, 7) is 0. The molecule has 2 aromatic carbocycles. The molecule has 1 atom stereocenters. The number of ether oxygens (including phenoxy) is 1. The Hall–Kier alpha value is -1.50. The van der Waals surface area contributed by atoms with Crippen molar-refractivity contribution in [1.29, 1.82) is 0 Å². The third-order valence-corrected chi connectivity index (χ3v) is 5.97. The summed E-state index contributed by atoms with van der Waals surface area (Å²) in [6, 6.07) is 19.2. The number of hydrogen-bond donors (Lipinski definition) is 0. The first kappa shape index (κ1) is 13.5. The van der Waals surface area contributed by atoms with Crippen LogP contribution in [0.3, 0.4) is 0 Å². The van der Waals surface area contributed by atoms with Gasteiger partial charge in [0.25, 0.3) is 0 Å². The SMILES string of the molecule is COc1ccc(/C=C2\CC2C[Se]c2ccccc2)cc1. The molecule has 0 N–H and O–H groups in total. The van der Waals surface area contributed by atoms with Gasteiger partial charge in [-0.25, -0.2) is 0 Å². The van der Waals surface area contributed by atoms with Gasteiger partial charge >= 0.3 is 126 Å². The fraction of sp³-hybridized carbons (Fsp3) is 0.222. The van der Waals surface area contributed by atoms with Gasteiger partial charge in [0.1, 0.15) is 0 Å². The Kier molecular flexibility index (Phi) is 4.25. The van der Waals surface area contributed by atoms with Gasteiger partial charge in [-0.1, -0.05) is 0 Å². The van der Waals surface area contributed by atoms with E-state index in [0.29, 0.717) is 15.0 Å². The topological polar surface area (TPSA) is 9.23 Å². The van der Waals surface area contributed by atoms with E-state index >= 15 is 0 Å². The summed E-state index contributed by atoms with van der Waals surface area (Å²) < 4.78 is 6.69. The zero-order chi connectivity index (χ0) is 13.8. The van der Waals surface area contributed by atoms with Crippen LogP contribution < -0.4 is 9.20 Å². The van der Waals surface area contributed by atoms with Gasteiger partial charge in [0.05, 0.1) is 0 Å². The predicted molar refractivity (Wildman–Crippen MR) is 85.7 cm³/mol. The van der Waals surface area contributed by atoms with Crippen molar-refractivity contribution in [3.8, 4) is 5.75 Å². The van der Waals surface area contributed by atoms with E-state index in [4.69, 9.17) is 4.74 Å². The molecule has 0 amide bonds. The fourth-order valence-corrected chi connectivity index (χ4v) is 4.45. The van der Waals surface area contributed by atoms with Crippen molar-refractivity contribution in [3.63, 3.8) is 0 Å². The molecule has 1 unspecified atom stereocenters. The summed E-state index contributed by atoms with van der Waals surface area (Å²) in [5.41, 5.74) is 2.89. The average Bonchev–Trinajstić information content (AvgIpc) is 3.25. The summed E-state index contributed by atoms with van der Waals surface area (Å²) in [7, 11) is 1.70. The molecule has 0 aromatic heterocycles. The van der Waals surface area contributed by atoms with Gasteiger partial charge in [0, 0.05) is 0 Å². The van der Waals surface area contributed by atoms with E-state index in [9.17, 15) is 0 Å². The summed E-state index contributed by atoms with van der Waals surface area (Å²) in [4.78, 5) is 0. The third kappa shape index (κ3) is 3.53. The van der Waals surface area contributed by atoms with E-state index in [2.05, 4.69) is 48.5 Å². The molecule has 0 heterocycles. The Balaban J connectivity index is 1.54. The van der Waals surface area contributed by atoms with Crippen LogP contribution in [0.15, 0.2) is 60.2 Å². The Morgan fingerprint density at radius 1 is 1.10 bits per heavy atom. The van der Waals surface area contributed by atoms with E-state index in [-0.39, 0.29) is 0 Å². The first-order chi connectivity index (χ1) is 9.85. The van der Waals surface area contributed by atoms with Crippen molar-refractivity contribution in [2.45, 2.75) is 11.7 Å². The zero-order valence-electron chi connectivity index (χ0n) is 11.6. The minimum absolute atomic E-state index is 0.613. The van der Waals surface area contributed by atoms with E-state index in [1.54, 1.807) is 12.7 Å². The number of methoxy groups -OCH3 is 1. The minimum atomic E-state index is 0.613. The summed E-state index contributed by atoms with van der Waals surface area (Å²) >= 11 is 0.613. The molecule has 102 valence electrons. The molecule has 1 fully saturated rings. The second kappa shape index (κ2) is 6.30. The molecule has 0 saturated heterocycles. The maximum atomic E-state index is 5.18. The van der Waals surface area contributed by atoms with Crippen molar-refractivity contribution in [2.75, 3.05) is 7.11 Å². The van der Waals surface area contributed by atoms with Crippen LogP contribution in [-0.2, 0) is 0 Å². The van der Waals surface area contributed by atoms with Gasteiger partial charge in [0.2, 0.25) is 0 Å². The van der Waals surface area contributed by atoms with E-state index in [0.717, 1.165) is 11.7 Å². The Labute approximate surface area is 126 Å². The quantitative estimate of drug-likeness (QED) is 0.763. The van der Waals surface area contributed by atoms with Crippen LogP contribution in [0.1, 0.15) is 12.0 Å². The zero-order valence-corrected chi connectivity index (χ0v) is 13.3. The van der Waals surface area contributed by atoms with E-state index in [1.807, 2.05) is 12.1 Å². The van der Waals surface area contributed by atoms with Gasteiger partial charge in [-0.3, -0.25) is 0 Å². The van der Waals surface area contributed by atoms with Crippen molar-refractivity contribution in [1.82, 2.24) is 0 Å². The predicted octanol–water partition coefficient (Wildman–Crippen LogP) is 3.55. The van der Waals surface area contributed by atoms with Gasteiger partial charge in [-0.15, -0.1) is 0 Å². The number of benzene rings is 2. The normalized spacial score (nSPS) is 19.1. The molecule has 0 spiro atoms. The Morgan fingerprint density at radius 3 is 2.55 bits per heavy atom. The van der Waals surface area contributed by atoms with Crippen LogP contribution in [0.5, 0.6) is 5.75 Å². The molecule has 3 rings (SSSR count). The maximum absolute atomic E-state index is 5.18. The third-order valence-electron chi connectivity index (χ3n) is 3.51. The second-order valence-corrected chi connectivity index (χ2v) is 7.31. The first-order valence-corrected chi connectivity index (χ1v) is 8.94. The average molecular weight is 329 g/mol. The monoisotopic (exact) mass is 330 g/mol. The Bertz CT molecular complexity index is 587. The van der Waals surface area contributed by atoms with Crippen molar-refractivity contribution >= 4 is 25.5 Å². The van der Waals surface area contributed by atoms with Gasteiger partial charge < -0.3 is 0 Å². The van der Waals surface area contributed by atoms with Gasteiger partial charge in [-0.05, 0) is 0 Å². The molecule has 1 aliphatic carbocycles. The first-order valence-electron chi connectivity index (χ1n) is 6.87. The molecular formula is C18H18OSe. The van der Waals surface area contributed by atoms with Crippen LogP contribution >= 0.6 is 0 Å². The van der Waals surface area contributed by atoms with Crippen LogP contribution in [0.25, 0.3) is 6.08 Å². The second-order valence-electron chi connectivity index (χ2n) is 5.02. The molecular weight excluding hydrogens is 311 g/mol. The van der Waals surface area contributed by atoms with Gasteiger partial charge in [0.15, 0.2) is 0 Å². The van der Waals surface area contributed by atoms with Crippen molar-refractivity contribution in [3.05, 3.63) is 65.7 Å². The molecule has 1 saturated carbocycles. The van der Waals surface area contributed by atoms with Crippen LogP contribution in [0.4, 0.5) is 0 Å². The molecule has 1 aliphatic rings. The molecule has 2 heteroatoms. The molecule has 0 aliphatic heterocycles. The van der Waals surface area contributed by atoms with E-state index in [1.165, 1.54) is 21.8 Å². The number of hydrogen-bond acceptors (Lipinski definition) is 1.